The first-order valence-corrected chi connectivity index (χ1v) is 8.84. The van der Waals surface area contributed by atoms with Crippen LogP contribution in [0.1, 0.15) is 6.92 Å². The van der Waals surface area contributed by atoms with Crippen molar-refractivity contribution in [3.63, 3.8) is 0 Å². The number of anilines is 1. The molecule has 5 rings (SSSR count). The fourth-order valence-electron chi connectivity index (χ4n) is 3.56. The number of halogens is 1. The SMILES string of the molecule is COc1cc2c(-c3cnn4cc(N5CC(C)C5=O)cnc34)ccnc2cc1F. The third kappa shape index (κ3) is 2.34. The number of carbonyl (C=O) groups is 1. The lowest BCUT2D eigenvalue weighted by Gasteiger charge is -2.35. The lowest BCUT2D eigenvalue weighted by molar-refractivity contribution is -0.126. The van der Waals surface area contributed by atoms with Gasteiger partial charge in [0.15, 0.2) is 17.2 Å². The highest BCUT2D eigenvalue weighted by Gasteiger charge is 2.34. The quantitative estimate of drug-likeness (QED) is 0.513. The van der Waals surface area contributed by atoms with E-state index in [-0.39, 0.29) is 17.6 Å². The molecule has 8 heteroatoms. The molecule has 0 spiro atoms. The zero-order chi connectivity index (χ0) is 19.4. The van der Waals surface area contributed by atoms with Crippen LogP contribution in [0.3, 0.4) is 0 Å². The molecule has 1 aliphatic heterocycles. The molecular formula is C20H16FN5O2. The first-order valence-electron chi connectivity index (χ1n) is 8.84. The van der Waals surface area contributed by atoms with Gasteiger partial charge in [0.1, 0.15) is 0 Å². The van der Waals surface area contributed by atoms with Gasteiger partial charge < -0.3 is 9.64 Å². The summed E-state index contributed by atoms with van der Waals surface area (Å²) in [6.07, 6.45) is 6.80. The summed E-state index contributed by atoms with van der Waals surface area (Å²) in [4.78, 5) is 22.4. The van der Waals surface area contributed by atoms with Gasteiger partial charge in [-0.25, -0.2) is 13.9 Å². The normalized spacial score (nSPS) is 16.6. The van der Waals surface area contributed by atoms with Gasteiger partial charge in [-0.05, 0) is 17.7 Å². The predicted octanol–water partition coefficient (Wildman–Crippen LogP) is 3.07. The molecule has 0 radical (unpaired) electrons. The number of β-lactam (4-membered cyclic amide) rings is 1. The zero-order valence-electron chi connectivity index (χ0n) is 15.3. The van der Waals surface area contributed by atoms with Crippen LogP contribution in [0, 0.1) is 11.7 Å². The highest BCUT2D eigenvalue weighted by atomic mass is 19.1. The summed E-state index contributed by atoms with van der Waals surface area (Å²) >= 11 is 0. The number of hydrogen-bond acceptors (Lipinski definition) is 5. The summed E-state index contributed by atoms with van der Waals surface area (Å²) in [5.74, 6) is -0.181. The number of amides is 1. The van der Waals surface area contributed by atoms with Gasteiger partial charge in [0.2, 0.25) is 5.91 Å². The second-order valence-corrected chi connectivity index (χ2v) is 6.85. The highest BCUT2D eigenvalue weighted by molar-refractivity contribution is 6.01. The van der Waals surface area contributed by atoms with E-state index < -0.39 is 5.82 Å². The minimum absolute atomic E-state index is 0.0439. The van der Waals surface area contributed by atoms with Crippen LogP contribution in [0.5, 0.6) is 5.75 Å². The van der Waals surface area contributed by atoms with Crippen LogP contribution in [0.15, 0.2) is 43.0 Å². The molecule has 0 N–H and O–H groups in total. The summed E-state index contributed by atoms with van der Waals surface area (Å²) < 4.78 is 20.8. The third-order valence-corrected chi connectivity index (χ3v) is 5.10. The van der Waals surface area contributed by atoms with Crippen molar-refractivity contribution < 1.29 is 13.9 Å². The molecule has 1 aromatic carbocycles. The fourth-order valence-corrected chi connectivity index (χ4v) is 3.56. The van der Waals surface area contributed by atoms with E-state index in [1.54, 1.807) is 40.3 Å². The molecule has 1 amide bonds. The van der Waals surface area contributed by atoms with Crippen LogP contribution >= 0.6 is 0 Å². The Morgan fingerprint density at radius 2 is 2.07 bits per heavy atom. The minimum atomic E-state index is -0.462. The Labute approximate surface area is 159 Å². The van der Waals surface area contributed by atoms with E-state index in [1.807, 2.05) is 13.0 Å². The van der Waals surface area contributed by atoms with Crippen molar-refractivity contribution in [1.29, 1.82) is 0 Å². The topological polar surface area (TPSA) is 72.6 Å². The summed E-state index contributed by atoms with van der Waals surface area (Å²) in [6.45, 7) is 2.59. The van der Waals surface area contributed by atoms with Crippen molar-refractivity contribution in [2.24, 2.45) is 5.92 Å². The van der Waals surface area contributed by atoms with E-state index in [0.717, 1.165) is 16.5 Å². The van der Waals surface area contributed by atoms with Gasteiger partial charge in [-0.1, -0.05) is 6.92 Å². The molecule has 0 aliphatic carbocycles. The Hall–Kier alpha value is -3.55. The summed E-state index contributed by atoms with van der Waals surface area (Å²) in [5, 5.41) is 5.14. The van der Waals surface area contributed by atoms with Crippen LogP contribution < -0.4 is 9.64 Å². The van der Waals surface area contributed by atoms with Gasteiger partial charge in [-0.3, -0.25) is 9.78 Å². The molecule has 1 fully saturated rings. The molecule has 0 bridgehead atoms. The van der Waals surface area contributed by atoms with Gasteiger partial charge in [-0.2, -0.15) is 5.10 Å². The maximum atomic E-state index is 14.0. The first-order chi connectivity index (χ1) is 13.6. The number of methoxy groups -OCH3 is 1. The van der Waals surface area contributed by atoms with Gasteiger partial charge in [0.05, 0.1) is 42.8 Å². The van der Waals surface area contributed by atoms with Crippen molar-refractivity contribution in [3.05, 3.63) is 48.8 Å². The van der Waals surface area contributed by atoms with Crippen molar-refractivity contribution in [2.75, 3.05) is 18.6 Å². The average Bonchev–Trinajstić information content (AvgIpc) is 3.13. The Morgan fingerprint density at radius 3 is 2.82 bits per heavy atom. The second kappa shape index (κ2) is 5.98. The molecule has 4 heterocycles. The first kappa shape index (κ1) is 16.6. The molecule has 1 unspecified atom stereocenters. The van der Waals surface area contributed by atoms with Crippen molar-refractivity contribution in [2.45, 2.75) is 6.92 Å². The molecule has 1 atom stereocenters. The standard InChI is InChI=1S/C20H16FN5O2/c1-11-9-25(20(11)27)12-7-23-19-15(8-24-26(19)10-12)13-3-4-22-17-6-16(21)18(28-2)5-14(13)17/h3-8,10-11H,9H2,1-2H3. The molecule has 7 nitrogen and oxygen atoms in total. The number of aromatic nitrogens is 4. The number of ether oxygens (including phenoxy) is 1. The molecule has 28 heavy (non-hydrogen) atoms. The largest absolute Gasteiger partial charge is 0.494 e. The lowest BCUT2D eigenvalue weighted by Crippen LogP contribution is -2.51. The van der Waals surface area contributed by atoms with Gasteiger partial charge >= 0.3 is 0 Å². The van der Waals surface area contributed by atoms with E-state index in [1.165, 1.54) is 13.2 Å². The van der Waals surface area contributed by atoms with E-state index in [2.05, 4.69) is 15.1 Å². The molecule has 0 saturated carbocycles. The monoisotopic (exact) mass is 377 g/mol. The highest BCUT2D eigenvalue weighted by Crippen LogP contribution is 2.34. The third-order valence-electron chi connectivity index (χ3n) is 5.10. The maximum Gasteiger partial charge on any atom is 0.231 e. The molecule has 1 aliphatic rings. The van der Waals surface area contributed by atoms with E-state index in [9.17, 15) is 9.18 Å². The van der Waals surface area contributed by atoms with Crippen molar-refractivity contribution in [1.82, 2.24) is 19.6 Å². The summed E-state index contributed by atoms with van der Waals surface area (Å²) in [7, 11) is 1.43. The summed E-state index contributed by atoms with van der Waals surface area (Å²) in [6, 6.07) is 4.82. The Balaban J connectivity index is 1.65. The number of benzene rings is 1. The van der Waals surface area contributed by atoms with Crippen molar-refractivity contribution in [3.8, 4) is 16.9 Å². The number of carbonyl (C=O) groups excluding carboxylic acids is 1. The maximum absolute atomic E-state index is 14.0. The molecular weight excluding hydrogens is 361 g/mol. The minimum Gasteiger partial charge on any atom is -0.494 e. The Morgan fingerprint density at radius 1 is 1.21 bits per heavy atom. The molecule has 3 aromatic heterocycles. The Bertz CT molecular complexity index is 1250. The number of pyridine rings is 1. The predicted molar refractivity (Wildman–Crippen MR) is 102 cm³/mol. The van der Waals surface area contributed by atoms with Crippen LogP contribution in [0.2, 0.25) is 0 Å². The van der Waals surface area contributed by atoms with E-state index in [0.29, 0.717) is 23.4 Å². The second-order valence-electron chi connectivity index (χ2n) is 6.85. The van der Waals surface area contributed by atoms with Gasteiger partial charge in [-0.15, -0.1) is 0 Å². The average molecular weight is 377 g/mol. The van der Waals surface area contributed by atoms with Gasteiger partial charge in [0, 0.05) is 29.8 Å². The zero-order valence-corrected chi connectivity index (χ0v) is 15.3. The number of fused-ring (bicyclic) bond motifs is 2. The van der Waals surface area contributed by atoms with E-state index >= 15 is 0 Å². The molecule has 1 saturated heterocycles. The van der Waals surface area contributed by atoms with Crippen molar-refractivity contribution >= 4 is 28.1 Å². The number of rotatable bonds is 3. The van der Waals surface area contributed by atoms with Crippen LogP contribution in [-0.4, -0.2) is 39.1 Å². The molecule has 140 valence electrons. The van der Waals surface area contributed by atoms with Gasteiger partial charge in [0.25, 0.3) is 0 Å². The van der Waals surface area contributed by atoms with E-state index in [4.69, 9.17) is 4.74 Å². The number of nitrogens with zero attached hydrogens (tertiary/aromatic N) is 5. The van der Waals surface area contributed by atoms with Crippen LogP contribution in [0.25, 0.3) is 27.7 Å². The number of hydrogen-bond donors (Lipinski definition) is 0. The molecule has 4 aromatic rings. The van der Waals surface area contributed by atoms with Crippen LogP contribution in [0.4, 0.5) is 10.1 Å². The fraction of sp³-hybridized carbons (Fsp3) is 0.200. The summed E-state index contributed by atoms with van der Waals surface area (Å²) in [5.41, 5.74) is 3.49. The van der Waals surface area contributed by atoms with Crippen LogP contribution in [-0.2, 0) is 4.79 Å². The smallest absolute Gasteiger partial charge is 0.231 e. The Kier molecular flexibility index (Phi) is 3.55. The lowest BCUT2D eigenvalue weighted by atomic mass is 10.0.